The van der Waals surface area contributed by atoms with E-state index in [-0.39, 0.29) is 0 Å². The van der Waals surface area contributed by atoms with Crippen LogP contribution in [-0.2, 0) is 13.6 Å². The zero-order chi connectivity index (χ0) is 14.0. The van der Waals surface area contributed by atoms with Gasteiger partial charge in [-0.2, -0.15) is 0 Å². The van der Waals surface area contributed by atoms with Crippen molar-refractivity contribution >= 4 is 0 Å². The fraction of sp³-hybridized carbons (Fsp3) is 0.357. The summed E-state index contributed by atoms with van der Waals surface area (Å²) in [6.07, 6.45) is 1.83. The molecule has 1 heterocycles. The number of aryl methyl sites for hydroxylation is 1. The number of nitrogens with two attached hydrogens (primary N) is 1. The van der Waals surface area contributed by atoms with E-state index >= 15 is 0 Å². The van der Waals surface area contributed by atoms with Crippen LogP contribution in [0.2, 0.25) is 0 Å². The van der Waals surface area contributed by atoms with Gasteiger partial charge in [0.15, 0.2) is 11.5 Å². The molecule has 0 radical (unpaired) electrons. The molecule has 0 saturated heterocycles. The fourth-order valence-corrected chi connectivity index (χ4v) is 2.14. The van der Waals surface area contributed by atoms with Crippen molar-refractivity contribution in [1.29, 1.82) is 0 Å². The van der Waals surface area contributed by atoms with E-state index in [1.807, 2.05) is 36.9 Å². The smallest absolute Gasteiger partial charge is 0.161 e. The van der Waals surface area contributed by atoms with Gasteiger partial charge in [0.2, 0.25) is 0 Å². The number of hydrogen-bond donors (Lipinski definition) is 1. The van der Waals surface area contributed by atoms with E-state index in [0.29, 0.717) is 12.3 Å². The maximum atomic E-state index is 5.65. The summed E-state index contributed by atoms with van der Waals surface area (Å²) in [5.74, 6) is 2.28. The SMILES string of the molecule is COc1cc(C)c(-c2cnc(CN)n2C)cc1OC. The molecule has 0 spiro atoms. The Labute approximate surface area is 113 Å². The van der Waals surface area contributed by atoms with Gasteiger partial charge >= 0.3 is 0 Å². The number of hydrogen-bond acceptors (Lipinski definition) is 4. The van der Waals surface area contributed by atoms with Crippen LogP contribution in [0.5, 0.6) is 11.5 Å². The van der Waals surface area contributed by atoms with E-state index in [4.69, 9.17) is 15.2 Å². The third-order valence-corrected chi connectivity index (χ3v) is 3.27. The van der Waals surface area contributed by atoms with E-state index in [2.05, 4.69) is 4.98 Å². The number of ether oxygens (including phenoxy) is 2. The van der Waals surface area contributed by atoms with Crippen LogP contribution in [0.3, 0.4) is 0 Å². The van der Waals surface area contributed by atoms with Gasteiger partial charge in [0.25, 0.3) is 0 Å². The third kappa shape index (κ3) is 2.29. The predicted octanol–water partition coefficient (Wildman–Crippen LogP) is 1.87. The average Bonchev–Trinajstić information content (AvgIpc) is 2.79. The van der Waals surface area contributed by atoms with E-state index in [0.717, 1.165) is 28.4 Å². The van der Waals surface area contributed by atoms with Crippen molar-refractivity contribution in [3.8, 4) is 22.8 Å². The minimum absolute atomic E-state index is 0.419. The van der Waals surface area contributed by atoms with Crippen LogP contribution in [0.25, 0.3) is 11.3 Å². The molecule has 0 atom stereocenters. The molecule has 0 saturated carbocycles. The number of nitrogens with zero attached hydrogens (tertiary/aromatic N) is 2. The van der Waals surface area contributed by atoms with Crippen LogP contribution in [0, 0.1) is 6.92 Å². The molecule has 102 valence electrons. The lowest BCUT2D eigenvalue weighted by molar-refractivity contribution is 0.355. The zero-order valence-electron chi connectivity index (χ0n) is 11.7. The Bertz CT molecular complexity index is 591. The second kappa shape index (κ2) is 5.32. The predicted molar refractivity (Wildman–Crippen MR) is 74.4 cm³/mol. The van der Waals surface area contributed by atoms with E-state index < -0.39 is 0 Å². The summed E-state index contributed by atoms with van der Waals surface area (Å²) < 4.78 is 12.6. The molecule has 2 N–H and O–H groups in total. The standard InChI is InChI=1S/C14H19N3O2/c1-9-5-12(18-3)13(19-4)6-10(9)11-8-16-14(7-15)17(11)2/h5-6,8H,7,15H2,1-4H3. The molecule has 0 amide bonds. The Kier molecular flexibility index (Phi) is 3.76. The summed E-state index contributed by atoms with van der Waals surface area (Å²) in [6, 6.07) is 3.93. The van der Waals surface area contributed by atoms with Crippen molar-refractivity contribution in [2.24, 2.45) is 12.8 Å². The molecule has 0 aliphatic heterocycles. The van der Waals surface area contributed by atoms with E-state index in [1.165, 1.54) is 0 Å². The molecule has 1 aromatic heterocycles. The van der Waals surface area contributed by atoms with Crippen molar-refractivity contribution in [3.05, 3.63) is 29.7 Å². The van der Waals surface area contributed by atoms with Gasteiger partial charge in [0.05, 0.1) is 32.7 Å². The first-order chi connectivity index (χ1) is 9.12. The molecule has 0 aliphatic carbocycles. The molecule has 1 aromatic carbocycles. The van der Waals surface area contributed by atoms with Gasteiger partial charge in [-0.05, 0) is 24.6 Å². The van der Waals surface area contributed by atoms with E-state index in [9.17, 15) is 0 Å². The van der Waals surface area contributed by atoms with Crippen LogP contribution in [-0.4, -0.2) is 23.8 Å². The summed E-state index contributed by atoms with van der Waals surface area (Å²) in [5.41, 5.74) is 8.83. The molecule has 19 heavy (non-hydrogen) atoms. The molecule has 0 aliphatic rings. The van der Waals surface area contributed by atoms with Gasteiger partial charge < -0.3 is 19.8 Å². The summed E-state index contributed by atoms with van der Waals surface area (Å²) in [5, 5.41) is 0. The van der Waals surface area contributed by atoms with Gasteiger partial charge in [-0.15, -0.1) is 0 Å². The van der Waals surface area contributed by atoms with Crippen LogP contribution in [0.4, 0.5) is 0 Å². The summed E-state index contributed by atoms with van der Waals surface area (Å²) in [4.78, 5) is 4.32. The van der Waals surface area contributed by atoms with Crippen molar-refractivity contribution in [1.82, 2.24) is 9.55 Å². The second-order valence-electron chi connectivity index (χ2n) is 4.34. The van der Waals surface area contributed by atoms with Gasteiger partial charge in [-0.1, -0.05) is 0 Å². The maximum Gasteiger partial charge on any atom is 0.161 e. The number of aromatic nitrogens is 2. The first-order valence-corrected chi connectivity index (χ1v) is 6.06. The topological polar surface area (TPSA) is 62.3 Å². The molecule has 2 aromatic rings. The van der Waals surface area contributed by atoms with Crippen LogP contribution >= 0.6 is 0 Å². The van der Waals surface area contributed by atoms with Gasteiger partial charge in [-0.3, -0.25) is 0 Å². The molecular weight excluding hydrogens is 242 g/mol. The number of benzene rings is 1. The molecule has 0 unspecified atom stereocenters. The van der Waals surface area contributed by atoms with Crippen molar-refractivity contribution in [2.75, 3.05) is 14.2 Å². The highest BCUT2D eigenvalue weighted by atomic mass is 16.5. The molecule has 5 nitrogen and oxygen atoms in total. The number of rotatable bonds is 4. The molecule has 0 fully saturated rings. The van der Waals surface area contributed by atoms with Gasteiger partial charge in [-0.25, -0.2) is 4.98 Å². The van der Waals surface area contributed by atoms with E-state index in [1.54, 1.807) is 14.2 Å². The van der Waals surface area contributed by atoms with Crippen molar-refractivity contribution in [2.45, 2.75) is 13.5 Å². The van der Waals surface area contributed by atoms with Crippen molar-refractivity contribution in [3.63, 3.8) is 0 Å². The normalized spacial score (nSPS) is 10.6. The maximum absolute atomic E-state index is 5.65. The largest absolute Gasteiger partial charge is 0.493 e. The Morgan fingerprint density at radius 2 is 1.84 bits per heavy atom. The zero-order valence-corrected chi connectivity index (χ0v) is 11.7. The summed E-state index contributed by atoms with van der Waals surface area (Å²) in [7, 11) is 5.22. The van der Waals surface area contributed by atoms with Crippen LogP contribution in [0.15, 0.2) is 18.3 Å². The quantitative estimate of drug-likeness (QED) is 0.912. The monoisotopic (exact) mass is 261 g/mol. The highest BCUT2D eigenvalue weighted by molar-refractivity contribution is 5.68. The summed E-state index contributed by atoms with van der Waals surface area (Å²) in [6.45, 7) is 2.45. The first-order valence-electron chi connectivity index (χ1n) is 6.06. The first kappa shape index (κ1) is 13.4. The fourth-order valence-electron chi connectivity index (χ4n) is 2.14. The lowest BCUT2D eigenvalue weighted by Crippen LogP contribution is -2.06. The third-order valence-electron chi connectivity index (χ3n) is 3.27. The molecule has 2 rings (SSSR count). The van der Waals surface area contributed by atoms with Crippen molar-refractivity contribution < 1.29 is 9.47 Å². The van der Waals surface area contributed by atoms with Crippen LogP contribution in [0.1, 0.15) is 11.4 Å². The van der Waals surface area contributed by atoms with Gasteiger partial charge in [0.1, 0.15) is 5.82 Å². The molecule has 5 heteroatoms. The average molecular weight is 261 g/mol. The van der Waals surface area contributed by atoms with Gasteiger partial charge in [0, 0.05) is 12.6 Å². The number of methoxy groups -OCH3 is 2. The molecule has 0 bridgehead atoms. The van der Waals surface area contributed by atoms with Crippen LogP contribution < -0.4 is 15.2 Å². The minimum atomic E-state index is 0.419. The highest BCUT2D eigenvalue weighted by Crippen LogP contribution is 2.35. The minimum Gasteiger partial charge on any atom is -0.493 e. The Morgan fingerprint density at radius 3 is 2.37 bits per heavy atom. The second-order valence-corrected chi connectivity index (χ2v) is 4.34. The highest BCUT2D eigenvalue weighted by Gasteiger charge is 2.14. The lowest BCUT2D eigenvalue weighted by Gasteiger charge is -2.13. The summed E-state index contributed by atoms with van der Waals surface area (Å²) >= 11 is 0. The number of imidazole rings is 1. The Balaban J connectivity index is 2.58. The Hall–Kier alpha value is -2.01. The lowest BCUT2D eigenvalue weighted by atomic mass is 10.0. The Morgan fingerprint density at radius 1 is 1.21 bits per heavy atom. The molecular formula is C14H19N3O2.